The Hall–Kier alpha value is 0.640. The molecule has 9 heteroatoms. The normalized spacial score (nSPS) is 19.5. The highest BCUT2D eigenvalue weighted by molar-refractivity contribution is 7.88. The van der Waals surface area contributed by atoms with Gasteiger partial charge in [0.15, 0.2) is 0 Å². The summed E-state index contributed by atoms with van der Waals surface area (Å²) in [5, 5.41) is 0. The van der Waals surface area contributed by atoms with E-state index in [1.165, 1.54) is 0 Å². The predicted octanol–water partition coefficient (Wildman–Crippen LogP) is 1.84. The molecule has 0 saturated carbocycles. The van der Waals surface area contributed by atoms with Crippen LogP contribution in [0.25, 0.3) is 0 Å². The molecule has 0 aliphatic heterocycles. The van der Waals surface area contributed by atoms with Crippen molar-refractivity contribution in [3.05, 3.63) is 0 Å². The highest BCUT2D eigenvalue weighted by Gasteiger charge is 2.60. The van der Waals surface area contributed by atoms with Gasteiger partial charge in [-0.2, -0.15) is 12.8 Å². The molecule has 1 unspecified atom stereocenters. The fraction of sp³-hybridized carbons (Fsp3) is 1.00. The van der Waals surface area contributed by atoms with Crippen molar-refractivity contribution in [1.82, 2.24) is 0 Å². The fourth-order valence-corrected chi connectivity index (χ4v) is 1.02. The van der Waals surface area contributed by atoms with Gasteiger partial charge in [-0.15, -0.1) is 0 Å². The number of rotatable bonds is 2. The molecule has 0 radical (unpaired) electrons. The van der Waals surface area contributed by atoms with Crippen LogP contribution in [0.5, 0.6) is 0 Å². The molecule has 0 aliphatic rings. The number of alkyl halides is 5. The van der Waals surface area contributed by atoms with E-state index < -0.39 is 19.2 Å². The van der Waals surface area contributed by atoms with Crippen molar-refractivity contribution in [2.75, 3.05) is 0 Å². The van der Waals surface area contributed by atoms with Crippen LogP contribution in [-0.4, -0.2) is 22.0 Å². The first-order valence-corrected chi connectivity index (χ1v) is 4.49. The van der Waals surface area contributed by atoms with Gasteiger partial charge in [-0.1, -0.05) is 34.8 Å². The summed E-state index contributed by atoms with van der Waals surface area (Å²) in [7, 11) is -5.50. The summed E-state index contributed by atoms with van der Waals surface area (Å²) >= 11 is 13.1. The standard InChI is InChI=1S/C2HCl3F2O3S/c3-1(4,6)2(5,7)11(8,9)10/h(H,8,9,10). The lowest BCUT2D eigenvalue weighted by molar-refractivity contribution is 0.214. The second kappa shape index (κ2) is 2.85. The van der Waals surface area contributed by atoms with Crippen LogP contribution in [0.15, 0.2) is 0 Å². The van der Waals surface area contributed by atoms with Crippen molar-refractivity contribution in [3.8, 4) is 0 Å². The van der Waals surface area contributed by atoms with Crippen LogP contribution in [0.4, 0.5) is 8.78 Å². The zero-order chi connectivity index (χ0) is 9.50. The van der Waals surface area contributed by atoms with Gasteiger partial charge in [0.1, 0.15) is 0 Å². The topological polar surface area (TPSA) is 54.4 Å². The summed E-state index contributed by atoms with van der Waals surface area (Å²) in [6.45, 7) is 0. The molecule has 0 amide bonds. The van der Waals surface area contributed by atoms with E-state index in [1.807, 2.05) is 0 Å². The third-order valence-electron chi connectivity index (χ3n) is 0.654. The van der Waals surface area contributed by atoms with Crippen LogP contribution in [-0.2, 0) is 10.1 Å². The van der Waals surface area contributed by atoms with Gasteiger partial charge in [0.05, 0.1) is 0 Å². The van der Waals surface area contributed by atoms with Gasteiger partial charge in [-0.05, 0) is 0 Å². The lowest BCUT2D eigenvalue weighted by Crippen LogP contribution is -2.40. The minimum atomic E-state index is -5.50. The van der Waals surface area contributed by atoms with Crippen LogP contribution in [0.1, 0.15) is 0 Å². The number of halogens is 5. The Morgan fingerprint density at radius 1 is 1.18 bits per heavy atom. The van der Waals surface area contributed by atoms with Gasteiger partial charge < -0.3 is 0 Å². The van der Waals surface area contributed by atoms with Crippen LogP contribution in [0.2, 0.25) is 0 Å². The summed E-state index contributed by atoms with van der Waals surface area (Å²) in [5.41, 5.74) is 0. The maximum atomic E-state index is 12.4. The van der Waals surface area contributed by atoms with E-state index in [0.717, 1.165) is 0 Å². The van der Waals surface area contributed by atoms with Crippen molar-refractivity contribution in [1.29, 1.82) is 0 Å². The SMILES string of the molecule is O=S(=O)(O)C(F)(Cl)C(F)(Cl)Cl. The molecule has 0 saturated heterocycles. The van der Waals surface area contributed by atoms with Crippen LogP contribution >= 0.6 is 34.8 Å². The molecule has 68 valence electrons. The first kappa shape index (κ1) is 11.6. The molecular formula is C2HCl3F2O3S. The number of hydrogen-bond donors (Lipinski definition) is 1. The van der Waals surface area contributed by atoms with Gasteiger partial charge >= 0.3 is 19.2 Å². The van der Waals surface area contributed by atoms with Gasteiger partial charge in [-0.25, -0.2) is 4.39 Å². The number of hydrogen-bond acceptors (Lipinski definition) is 2. The van der Waals surface area contributed by atoms with Crippen molar-refractivity contribution in [2.24, 2.45) is 0 Å². The Labute approximate surface area is 76.0 Å². The van der Waals surface area contributed by atoms with E-state index >= 15 is 0 Å². The molecule has 0 aromatic heterocycles. The molecule has 1 atom stereocenters. The average molecular weight is 249 g/mol. The van der Waals surface area contributed by atoms with Gasteiger partial charge in [0.25, 0.3) is 0 Å². The maximum Gasteiger partial charge on any atom is 0.369 e. The summed E-state index contributed by atoms with van der Waals surface area (Å²) in [6.07, 6.45) is 0. The zero-order valence-corrected chi connectivity index (χ0v) is 7.65. The molecule has 11 heavy (non-hydrogen) atoms. The molecule has 0 aromatic rings. The largest absolute Gasteiger partial charge is 0.369 e. The molecule has 0 aromatic carbocycles. The van der Waals surface area contributed by atoms with Gasteiger partial charge in [0.2, 0.25) is 0 Å². The first-order chi connectivity index (χ1) is 4.50. The summed E-state index contributed by atoms with van der Waals surface area (Å²) in [6, 6.07) is 0. The summed E-state index contributed by atoms with van der Waals surface area (Å²) < 4.78 is 44.2. The average Bonchev–Trinajstić information content (AvgIpc) is 1.58. The van der Waals surface area contributed by atoms with Gasteiger partial charge in [-0.3, -0.25) is 4.55 Å². The molecule has 0 rings (SSSR count). The third-order valence-corrected chi connectivity index (χ3v) is 3.37. The smallest absolute Gasteiger partial charge is 0.282 e. The van der Waals surface area contributed by atoms with Crippen molar-refractivity contribution < 1.29 is 21.8 Å². The minimum absolute atomic E-state index is 3.91. The van der Waals surface area contributed by atoms with Crippen molar-refractivity contribution >= 4 is 44.9 Å². The van der Waals surface area contributed by atoms with Crippen molar-refractivity contribution in [2.45, 2.75) is 9.05 Å². The Balaban J connectivity index is 5.08. The molecule has 0 aliphatic carbocycles. The lowest BCUT2D eigenvalue weighted by atomic mass is 10.8. The fourth-order valence-electron chi connectivity index (χ4n) is 0.146. The van der Waals surface area contributed by atoms with E-state index in [4.69, 9.17) is 4.55 Å². The van der Waals surface area contributed by atoms with Gasteiger partial charge in [0, 0.05) is 0 Å². The second-order valence-corrected chi connectivity index (χ2v) is 4.98. The molecular weight excluding hydrogens is 248 g/mol. The third kappa shape index (κ3) is 2.29. The molecule has 0 heterocycles. The van der Waals surface area contributed by atoms with Crippen LogP contribution in [0.3, 0.4) is 0 Å². The molecule has 1 N–H and O–H groups in total. The quantitative estimate of drug-likeness (QED) is 0.600. The molecule has 0 fully saturated rings. The van der Waals surface area contributed by atoms with E-state index in [0.29, 0.717) is 0 Å². The van der Waals surface area contributed by atoms with E-state index in [-0.39, 0.29) is 0 Å². The first-order valence-electron chi connectivity index (χ1n) is 1.91. The van der Waals surface area contributed by atoms with Crippen LogP contribution in [0, 0.1) is 0 Å². The monoisotopic (exact) mass is 248 g/mol. The Morgan fingerprint density at radius 3 is 1.45 bits per heavy atom. The summed E-state index contributed by atoms with van der Waals surface area (Å²) in [4.78, 5) is 0. The van der Waals surface area contributed by atoms with Crippen LogP contribution < -0.4 is 0 Å². The predicted molar refractivity (Wildman–Crippen MR) is 36.8 cm³/mol. The maximum absolute atomic E-state index is 12.4. The van der Waals surface area contributed by atoms with E-state index in [2.05, 4.69) is 34.8 Å². The highest BCUT2D eigenvalue weighted by atomic mass is 35.5. The Bertz CT molecular complexity index is 242. The lowest BCUT2D eigenvalue weighted by Gasteiger charge is -2.19. The Kier molecular flexibility index (Phi) is 3.01. The molecule has 0 spiro atoms. The zero-order valence-electron chi connectivity index (χ0n) is 4.56. The van der Waals surface area contributed by atoms with Crippen molar-refractivity contribution in [3.63, 3.8) is 0 Å². The second-order valence-electron chi connectivity index (χ2n) is 1.49. The minimum Gasteiger partial charge on any atom is -0.282 e. The van der Waals surface area contributed by atoms with E-state index in [1.54, 1.807) is 0 Å². The summed E-state index contributed by atoms with van der Waals surface area (Å²) in [5.74, 6) is 0. The highest BCUT2D eigenvalue weighted by Crippen LogP contribution is 2.44. The van der Waals surface area contributed by atoms with E-state index in [9.17, 15) is 17.2 Å². The Morgan fingerprint density at radius 2 is 1.45 bits per heavy atom. The molecule has 3 nitrogen and oxygen atoms in total. The molecule has 0 bridgehead atoms.